The van der Waals surface area contributed by atoms with Crippen molar-refractivity contribution < 1.29 is 41.9 Å². The van der Waals surface area contributed by atoms with Crippen LogP contribution < -0.4 is 5.30 Å². The van der Waals surface area contributed by atoms with Gasteiger partial charge in [0.15, 0.2) is 0 Å². The molecule has 256 valence electrons. The Morgan fingerprint density at radius 3 is 2.18 bits per heavy atom. The Morgan fingerprint density at radius 1 is 0.898 bits per heavy atom. The molecule has 0 fully saturated rings. The molecule has 14 heteroatoms. The second-order valence-electron chi connectivity index (χ2n) is 11.4. The molecule has 5 rings (SSSR count). The van der Waals surface area contributed by atoms with Crippen molar-refractivity contribution in [3.05, 3.63) is 129 Å². The Bertz CT molecular complexity index is 2100. The van der Waals surface area contributed by atoms with Gasteiger partial charge in [0, 0.05) is 32.5 Å². The second kappa shape index (κ2) is 15.1. The van der Waals surface area contributed by atoms with E-state index < -0.39 is 32.5 Å². The van der Waals surface area contributed by atoms with E-state index in [0.29, 0.717) is 40.0 Å². The lowest BCUT2D eigenvalue weighted by atomic mass is 10.0. The van der Waals surface area contributed by atoms with E-state index in [9.17, 15) is 27.6 Å². The highest BCUT2D eigenvalue weighted by molar-refractivity contribution is 9.10. The van der Waals surface area contributed by atoms with Crippen molar-refractivity contribution in [2.24, 2.45) is 0 Å². The maximum Gasteiger partial charge on any atom is 0.399 e. The minimum Gasteiger partial charge on any atom is -0.321 e. The van der Waals surface area contributed by atoms with Gasteiger partial charge in [-0.05, 0) is 59.9 Å². The number of rotatable bonds is 13. The molecule has 0 aliphatic heterocycles. The van der Waals surface area contributed by atoms with E-state index in [1.165, 1.54) is 23.9 Å². The fourth-order valence-corrected chi connectivity index (χ4v) is 8.75. The summed E-state index contributed by atoms with van der Waals surface area (Å²) >= 11 is 4.54. The van der Waals surface area contributed by atoms with Crippen LogP contribution in [0.2, 0.25) is 0 Å². The van der Waals surface area contributed by atoms with Crippen LogP contribution in [0.25, 0.3) is 22.0 Å². The zero-order valence-electron chi connectivity index (χ0n) is 26.3. The van der Waals surface area contributed by atoms with Crippen LogP contribution in [-0.2, 0) is 30.8 Å². The number of nitrogens with zero attached hydrogens (tertiary/aromatic N) is 1. The Kier molecular flexibility index (Phi) is 11.4. The number of pyridine rings is 1. The topological polar surface area (TPSA) is 134 Å². The van der Waals surface area contributed by atoms with Crippen LogP contribution in [0.1, 0.15) is 53.0 Å². The van der Waals surface area contributed by atoms with E-state index in [4.69, 9.17) is 14.3 Å². The van der Waals surface area contributed by atoms with E-state index in [1.54, 1.807) is 55.5 Å². The molecule has 0 aliphatic carbocycles. The maximum atomic E-state index is 14.2. The zero-order valence-corrected chi connectivity index (χ0v) is 30.5. The van der Waals surface area contributed by atoms with Crippen molar-refractivity contribution in [2.75, 3.05) is 0 Å². The highest BCUT2D eigenvalue weighted by atomic mass is 79.9. The number of carbonyl (C=O) groups excluding carboxylic acids is 1. The standard InChI is InChI=1S/C35H32BrF2NO7P2S/c1-3-22(2)46-47(41,42)32-19-28(18-27-14-16-31(39-33(27)32)34(40)26-7-5-4-6-8-26)25-12-9-23(10-13-25)20-49-21-24-11-15-29(30(36)17-24)35(37,38)48(43,44)45/h4-19,22H,3,20-21H2,1-2H3,(H,41,42)(H2,43,44,45). The molecule has 2 atom stereocenters. The predicted molar refractivity (Wildman–Crippen MR) is 192 cm³/mol. The molecule has 5 aromatic rings. The molecule has 1 heterocycles. The average Bonchev–Trinajstić information content (AvgIpc) is 3.07. The molecule has 0 radical (unpaired) electrons. The number of alkyl halides is 2. The van der Waals surface area contributed by atoms with Gasteiger partial charge < -0.3 is 19.2 Å². The average molecular weight is 791 g/mol. The number of hydrogen-bond donors (Lipinski definition) is 3. The molecule has 4 aromatic carbocycles. The molecule has 2 unspecified atom stereocenters. The van der Waals surface area contributed by atoms with E-state index in [2.05, 4.69) is 20.9 Å². The molecule has 0 saturated heterocycles. The summed E-state index contributed by atoms with van der Waals surface area (Å²) in [5, 5.41) is 0.563. The van der Waals surface area contributed by atoms with Crippen molar-refractivity contribution in [3.8, 4) is 11.1 Å². The summed E-state index contributed by atoms with van der Waals surface area (Å²) in [5.74, 6) is 0.727. The minimum atomic E-state index is -5.68. The van der Waals surface area contributed by atoms with Gasteiger partial charge in [-0.25, -0.2) is 4.98 Å². The largest absolute Gasteiger partial charge is 0.399 e. The van der Waals surface area contributed by atoms with Crippen LogP contribution in [-0.4, -0.2) is 31.6 Å². The number of hydrogen-bond acceptors (Lipinski definition) is 6. The number of carbonyl (C=O) groups is 1. The Labute approximate surface area is 294 Å². The molecule has 0 saturated carbocycles. The van der Waals surface area contributed by atoms with Gasteiger partial charge in [-0.2, -0.15) is 20.5 Å². The molecule has 0 aliphatic rings. The Morgan fingerprint density at radius 2 is 1.55 bits per heavy atom. The third-order valence-electron chi connectivity index (χ3n) is 7.79. The van der Waals surface area contributed by atoms with Crippen LogP contribution >= 0.6 is 42.9 Å². The number of halogens is 3. The molecule has 0 amide bonds. The summed E-state index contributed by atoms with van der Waals surface area (Å²) in [6.07, 6.45) is 0.0160. The van der Waals surface area contributed by atoms with E-state index in [0.717, 1.165) is 17.2 Å². The molecule has 0 spiro atoms. The fraction of sp³-hybridized carbons (Fsp3) is 0.200. The van der Waals surface area contributed by atoms with Crippen molar-refractivity contribution in [1.29, 1.82) is 0 Å². The SMILES string of the molecule is CCC(C)OP(=O)(O)c1cc(-c2ccc(CSCc3ccc(C(F)(F)P(=O)(O)O)c(Br)c3)cc2)cc2ccc(C(=O)c3ccccc3)nc12. The summed E-state index contributed by atoms with van der Waals surface area (Å²) in [6.45, 7) is 3.56. The molecule has 3 N–H and O–H groups in total. The van der Waals surface area contributed by atoms with Gasteiger partial charge >= 0.3 is 20.9 Å². The lowest BCUT2D eigenvalue weighted by Gasteiger charge is -2.19. The summed E-state index contributed by atoms with van der Waals surface area (Å²) in [6, 6.07) is 26.8. The predicted octanol–water partition coefficient (Wildman–Crippen LogP) is 9.18. The lowest BCUT2D eigenvalue weighted by molar-refractivity contribution is 0.0557. The fourth-order valence-electron chi connectivity index (χ4n) is 4.97. The van der Waals surface area contributed by atoms with Gasteiger partial charge in [0.2, 0.25) is 5.78 Å². The third-order valence-corrected chi connectivity index (χ3v) is 12.1. The van der Waals surface area contributed by atoms with Gasteiger partial charge in [0.25, 0.3) is 0 Å². The third kappa shape index (κ3) is 8.47. The number of ketones is 1. The van der Waals surface area contributed by atoms with Crippen molar-refractivity contribution in [3.63, 3.8) is 0 Å². The van der Waals surface area contributed by atoms with Crippen LogP contribution in [0.15, 0.2) is 102 Å². The number of benzene rings is 4. The highest BCUT2D eigenvalue weighted by Crippen LogP contribution is 2.60. The van der Waals surface area contributed by atoms with Gasteiger partial charge in [0.05, 0.1) is 16.9 Å². The van der Waals surface area contributed by atoms with Crippen LogP contribution in [0.5, 0.6) is 0 Å². The highest BCUT2D eigenvalue weighted by Gasteiger charge is 2.51. The normalized spacial score (nSPS) is 14.0. The molecule has 8 nitrogen and oxygen atoms in total. The molecular weight excluding hydrogens is 758 g/mol. The smallest absolute Gasteiger partial charge is 0.321 e. The molecule has 1 aromatic heterocycles. The van der Waals surface area contributed by atoms with E-state index >= 15 is 0 Å². The summed E-state index contributed by atoms with van der Waals surface area (Å²) < 4.78 is 58.8. The van der Waals surface area contributed by atoms with E-state index in [1.807, 2.05) is 37.3 Å². The molecule has 49 heavy (non-hydrogen) atoms. The number of thioether (sulfide) groups is 1. The minimum absolute atomic E-state index is 0.00150. The summed E-state index contributed by atoms with van der Waals surface area (Å²) in [4.78, 5) is 47.0. The van der Waals surface area contributed by atoms with Crippen LogP contribution in [0.4, 0.5) is 8.78 Å². The Hall–Kier alpha value is -3.05. The first-order chi connectivity index (χ1) is 23.1. The summed E-state index contributed by atoms with van der Waals surface area (Å²) in [7, 11) is -10.1. The monoisotopic (exact) mass is 789 g/mol. The van der Waals surface area contributed by atoms with Gasteiger partial charge in [-0.3, -0.25) is 13.9 Å². The maximum absolute atomic E-state index is 14.2. The zero-order chi connectivity index (χ0) is 35.6. The first-order valence-corrected chi connectivity index (χ1v) is 20.2. The van der Waals surface area contributed by atoms with Crippen molar-refractivity contribution in [1.82, 2.24) is 4.98 Å². The van der Waals surface area contributed by atoms with E-state index in [-0.39, 0.29) is 26.8 Å². The lowest BCUT2D eigenvalue weighted by Crippen LogP contribution is -2.16. The second-order valence-corrected chi connectivity index (χ2v) is 16.6. The number of aromatic nitrogens is 1. The first-order valence-electron chi connectivity index (χ1n) is 15.1. The van der Waals surface area contributed by atoms with Gasteiger partial charge in [-0.15, -0.1) is 0 Å². The molecular formula is C35H32BrF2NO7P2S. The number of fused-ring (bicyclic) bond motifs is 1. The summed E-state index contributed by atoms with van der Waals surface area (Å²) in [5.41, 5.74) is -1.19. The van der Waals surface area contributed by atoms with Crippen molar-refractivity contribution >= 4 is 64.9 Å². The first kappa shape index (κ1) is 37.2. The van der Waals surface area contributed by atoms with Crippen LogP contribution in [0.3, 0.4) is 0 Å². The quantitative estimate of drug-likeness (QED) is 0.0789. The van der Waals surface area contributed by atoms with Gasteiger partial charge in [0.1, 0.15) is 5.69 Å². The Balaban J connectivity index is 1.38. The van der Waals surface area contributed by atoms with Crippen LogP contribution in [0, 0.1) is 0 Å². The van der Waals surface area contributed by atoms with Crippen molar-refractivity contribution in [2.45, 2.75) is 43.5 Å². The molecule has 0 bridgehead atoms. The van der Waals surface area contributed by atoms with Gasteiger partial charge in [-0.1, -0.05) is 95.7 Å².